The van der Waals surface area contributed by atoms with E-state index in [1.54, 1.807) is 5.38 Å². The molecule has 0 bridgehead atoms. The van der Waals surface area contributed by atoms with Gasteiger partial charge in [-0.3, -0.25) is 4.79 Å². The summed E-state index contributed by atoms with van der Waals surface area (Å²) >= 11 is 1.23. The Morgan fingerprint density at radius 2 is 2.17 bits per heavy atom. The molecule has 0 aliphatic heterocycles. The predicted molar refractivity (Wildman–Crippen MR) is 65.2 cm³/mol. The van der Waals surface area contributed by atoms with Crippen LogP contribution in [-0.4, -0.2) is 10.9 Å². The molecule has 1 heterocycles. The Labute approximate surface area is 105 Å². The molecule has 2 rings (SSSR count). The topological polar surface area (TPSA) is 68.0 Å². The van der Waals surface area contributed by atoms with Crippen molar-refractivity contribution in [2.24, 2.45) is 0 Å². The molecule has 0 atom stereocenters. The van der Waals surface area contributed by atoms with Crippen molar-refractivity contribution in [1.82, 2.24) is 4.98 Å². The number of rotatable bonds is 3. The summed E-state index contributed by atoms with van der Waals surface area (Å²) < 4.78 is 25.6. The van der Waals surface area contributed by atoms with Crippen LogP contribution in [0.4, 0.5) is 19.6 Å². The second kappa shape index (κ2) is 5.09. The van der Waals surface area contributed by atoms with Crippen LogP contribution in [-0.2, 0) is 11.2 Å². The molecule has 94 valence electrons. The zero-order valence-electron chi connectivity index (χ0n) is 9.11. The van der Waals surface area contributed by atoms with Gasteiger partial charge in [-0.25, -0.2) is 13.8 Å². The van der Waals surface area contributed by atoms with E-state index in [-0.39, 0.29) is 18.0 Å². The van der Waals surface area contributed by atoms with Crippen LogP contribution in [0.2, 0.25) is 0 Å². The van der Waals surface area contributed by atoms with E-state index in [4.69, 9.17) is 5.73 Å². The first kappa shape index (κ1) is 12.4. The molecule has 3 N–H and O–H groups in total. The summed E-state index contributed by atoms with van der Waals surface area (Å²) in [7, 11) is 0. The van der Waals surface area contributed by atoms with Crippen molar-refractivity contribution in [3.8, 4) is 0 Å². The summed E-state index contributed by atoms with van der Waals surface area (Å²) in [5.74, 6) is -2.34. The predicted octanol–water partition coefficient (Wildman–Crippen LogP) is 2.18. The highest BCUT2D eigenvalue weighted by Crippen LogP contribution is 2.15. The van der Waals surface area contributed by atoms with Gasteiger partial charge in [-0.1, -0.05) is 0 Å². The summed E-state index contributed by atoms with van der Waals surface area (Å²) in [5, 5.41) is 4.49. The highest BCUT2D eigenvalue weighted by molar-refractivity contribution is 7.13. The first-order valence-corrected chi connectivity index (χ1v) is 5.87. The lowest BCUT2D eigenvalue weighted by atomic mass is 10.2. The lowest BCUT2D eigenvalue weighted by Gasteiger charge is -2.04. The van der Waals surface area contributed by atoms with E-state index in [0.29, 0.717) is 10.8 Å². The van der Waals surface area contributed by atoms with E-state index in [2.05, 4.69) is 10.3 Å². The molecular weight excluding hydrogens is 260 g/mol. The minimum atomic E-state index is -1.01. The molecule has 1 amide bonds. The number of nitrogens with zero attached hydrogens (tertiary/aromatic N) is 1. The Morgan fingerprint density at radius 1 is 1.39 bits per heavy atom. The second-order valence-electron chi connectivity index (χ2n) is 3.53. The number of nitrogens with two attached hydrogens (primary N) is 1. The van der Waals surface area contributed by atoms with Gasteiger partial charge in [0.15, 0.2) is 16.8 Å². The first-order valence-electron chi connectivity index (χ1n) is 4.99. The third-order valence-electron chi connectivity index (χ3n) is 2.11. The van der Waals surface area contributed by atoms with Gasteiger partial charge in [-0.15, -0.1) is 11.3 Å². The maximum Gasteiger partial charge on any atom is 0.230 e. The minimum absolute atomic E-state index is 0.0344. The average molecular weight is 269 g/mol. The number of hydrogen-bond acceptors (Lipinski definition) is 4. The van der Waals surface area contributed by atoms with Gasteiger partial charge in [0, 0.05) is 17.1 Å². The highest BCUT2D eigenvalue weighted by Gasteiger charge is 2.08. The molecule has 0 aliphatic carbocycles. The van der Waals surface area contributed by atoms with Gasteiger partial charge < -0.3 is 11.1 Å². The number of thiazole rings is 1. The normalized spacial score (nSPS) is 10.3. The van der Waals surface area contributed by atoms with Crippen molar-refractivity contribution in [2.75, 3.05) is 11.1 Å². The van der Waals surface area contributed by atoms with Crippen molar-refractivity contribution in [3.63, 3.8) is 0 Å². The smallest absolute Gasteiger partial charge is 0.230 e. The number of nitrogens with one attached hydrogen (secondary N) is 1. The SMILES string of the molecule is Nc1nc(CC(=O)Nc2ccc(F)c(F)c2)cs1. The van der Waals surface area contributed by atoms with Crippen LogP contribution in [0.5, 0.6) is 0 Å². The van der Waals surface area contributed by atoms with Crippen molar-refractivity contribution in [3.05, 3.63) is 40.9 Å². The van der Waals surface area contributed by atoms with Crippen LogP contribution in [0.25, 0.3) is 0 Å². The lowest BCUT2D eigenvalue weighted by molar-refractivity contribution is -0.115. The van der Waals surface area contributed by atoms with Crippen LogP contribution in [0.3, 0.4) is 0 Å². The van der Waals surface area contributed by atoms with Crippen LogP contribution in [0.15, 0.2) is 23.6 Å². The van der Waals surface area contributed by atoms with Gasteiger partial charge in [0.25, 0.3) is 0 Å². The molecule has 1 aromatic heterocycles. The molecule has 1 aromatic carbocycles. The standard InChI is InChI=1S/C11H9F2N3OS/c12-8-2-1-6(3-9(8)13)15-10(17)4-7-5-18-11(14)16-7/h1-3,5H,4H2,(H2,14,16)(H,15,17). The first-order chi connectivity index (χ1) is 8.54. The zero-order valence-corrected chi connectivity index (χ0v) is 9.93. The number of nitrogen functional groups attached to an aromatic ring is 1. The van der Waals surface area contributed by atoms with Crippen molar-refractivity contribution < 1.29 is 13.6 Å². The van der Waals surface area contributed by atoms with Crippen LogP contribution in [0, 0.1) is 11.6 Å². The molecule has 18 heavy (non-hydrogen) atoms. The summed E-state index contributed by atoms with van der Waals surface area (Å²) in [6.07, 6.45) is 0.0344. The van der Waals surface area contributed by atoms with E-state index in [1.807, 2.05) is 0 Å². The monoisotopic (exact) mass is 269 g/mol. The largest absolute Gasteiger partial charge is 0.375 e. The molecule has 7 heteroatoms. The number of aromatic nitrogens is 1. The van der Waals surface area contributed by atoms with Gasteiger partial charge in [0.2, 0.25) is 5.91 Å². The molecule has 0 saturated heterocycles. The third-order valence-corrected chi connectivity index (χ3v) is 2.84. The second-order valence-corrected chi connectivity index (χ2v) is 4.42. The van der Waals surface area contributed by atoms with E-state index >= 15 is 0 Å². The van der Waals surface area contributed by atoms with Crippen molar-refractivity contribution in [2.45, 2.75) is 6.42 Å². The summed E-state index contributed by atoms with van der Waals surface area (Å²) in [6.45, 7) is 0. The zero-order chi connectivity index (χ0) is 13.1. The molecule has 0 fully saturated rings. The van der Waals surface area contributed by atoms with E-state index in [9.17, 15) is 13.6 Å². The number of carbonyl (C=O) groups is 1. The quantitative estimate of drug-likeness (QED) is 0.897. The maximum absolute atomic E-state index is 12.9. The Bertz CT molecular complexity index is 585. The lowest BCUT2D eigenvalue weighted by Crippen LogP contribution is -2.14. The van der Waals surface area contributed by atoms with E-state index in [0.717, 1.165) is 12.1 Å². The summed E-state index contributed by atoms with van der Waals surface area (Å²) in [5.41, 5.74) is 6.16. The van der Waals surface area contributed by atoms with Crippen LogP contribution < -0.4 is 11.1 Å². The Morgan fingerprint density at radius 3 is 2.78 bits per heavy atom. The maximum atomic E-state index is 12.9. The van der Waals surface area contributed by atoms with Crippen molar-refractivity contribution in [1.29, 1.82) is 0 Å². The minimum Gasteiger partial charge on any atom is -0.375 e. The Hall–Kier alpha value is -2.02. The van der Waals surface area contributed by atoms with Crippen LogP contribution >= 0.6 is 11.3 Å². The molecular formula is C11H9F2N3OS. The number of halogens is 2. The number of benzene rings is 1. The number of hydrogen-bond donors (Lipinski definition) is 2. The van der Waals surface area contributed by atoms with Gasteiger partial charge in [-0.05, 0) is 12.1 Å². The Balaban J connectivity index is 2.00. The molecule has 0 unspecified atom stereocenters. The molecule has 0 spiro atoms. The van der Waals surface area contributed by atoms with Crippen molar-refractivity contribution >= 4 is 28.1 Å². The molecule has 2 aromatic rings. The highest BCUT2D eigenvalue weighted by atomic mass is 32.1. The van der Waals surface area contributed by atoms with Gasteiger partial charge in [0.1, 0.15) is 0 Å². The number of anilines is 2. The molecule has 0 saturated carbocycles. The fraction of sp³-hybridized carbons (Fsp3) is 0.0909. The molecule has 4 nitrogen and oxygen atoms in total. The van der Waals surface area contributed by atoms with Gasteiger partial charge in [0.05, 0.1) is 12.1 Å². The number of carbonyl (C=O) groups excluding carboxylic acids is 1. The third kappa shape index (κ3) is 3.01. The fourth-order valence-electron chi connectivity index (χ4n) is 1.35. The Kier molecular flexibility index (Phi) is 3.52. The van der Waals surface area contributed by atoms with E-state index < -0.39 is 11.6 Å². The summed E-state index contributed by atoms with van der Waals surface area (Å²) in [4.78, 5) is 15.5. The van der Waals surface area contributed by atoms with Gasteiger partial charge >= 0.3 is 0 Å². The fourth-order valence-corrected chi connectivity index (χ4v) is 1.91. The summed E-state index contributed by atoms with van der Waals surface area (Å²) in [6, 6.07) is 3.15. The van der Waals surface area contributed by atoms with Gasteiger partial charge in [-0.2, -0.15) is 0 Å². The molecule has 0 aliphatic rings. The number of amides is 1. The van der Waals surface area contributed by atoms with E-state index in [1.165, 1.54) is 17.4 Å². The molecule has 0 radical (unpaired) electrons. The van der Waals surface area contributed by atoms with Crippen LogP contribution in [0.1, 0.15) is 5.69 Å². The average Bonchev–Trinajstić information content (AvgIpc) is 2.69.